The van der Waals surface area contributed by atoms with Crippen LogP contribution in [0, 0.1) is 0 Å². The van der Waals surface area contributed by atoms with Crippen LogP contribution in [0.4, 0.5) is 4.79 Å². The molecule has 1 rings (SSSR count). The number of esters is 1. The van der Waals surface area contributed by atoms with Crippen LogP contribution in [0.3, 0.4) is 0 Å². The van der Waals surface area contributed by atoms with E-state index in [9.17, 15) is 14.4 Å². The van der Waals surface area contributed by atoms with Crippen molar-refractivity contribution in [3.8, 4) is 5.75 Å². The van der Waals surface area contributed by atoms with E-state index in [2.05, 4.69) is 26.6 Å². The Morgan fingerprint density at radius 1 is 1.24 bits per heavy atom. The zero-order chi connectivity index (χ0) is 19.0. The average molecular weight is 415 g/mol. The fourth-order valence-corrected chi connectivity index (χ4v) is 2.08. The van der Waals surface area contributed by atoms with Crippen molar-refractivity contribution in [2.75, 3.05) is 6.61 Å². The van der Waals surface area contributed by atoms with Crippen LogP contribution in [-0.4, -0.2) is 36.2 Å². The highest BCUT2D eigenvalue weighted by Crippen LogP contribution is 2.17. The molecule has 138 valence electrons. The Balaban J connectivity index is 2.33. The van der Waals surface area contributed by atoms with Crippen LogP contribution in [0.15, 0.2) is 28.7 Å². The van der Waals surface area contributed by atoms with Crippen molar-refractivity contribution in [1.82, 2.24) is 10.6 Å². The van der Waals surface area contributed by atoms with Crippen LogP contribution in [-0.2, 0) is 14.3 Å². The number of carbonyl (C=O) groups is 3. The maximum absolute atomic E-state index is 11.8. The van der Waals surface area contributed by atoms with Crippen LogP contribution in [0.5, 0.6) is 5.75 Å². The normalized spacial score (nSPS) is 12.0. The molecule has 1 aromatic carbocycles. The van der Waals surface area contributed by atoms with Gasteiger partial charge in [0.05, 0.1) is 13.0 Å². The monoisotopic (exact) mass is 414 g/mol. The number of benzene rings is 1. The summed E-state index contributed by atoms with van der Waals surface area (Å²) < 4.78 is 11.3. The minimum absolute atomic E-state index is 0.0156. The van der Waals surface area contributed by atoms with E-state index in [1.807, 2.05) is 12.1 Å². The van der Waals surface area contributed by atoms with Crippen LogP contribution < -0.4 is 15.4 Å². The third-order valence-corrected chi connectivity index (χ3v) is 3.27. The van der Waals surface area contributed by atoms with Crippen LogP contribution in [0.25, 0.3) is 0 Å². The summed E-state index contributed by atoms with van der Waals surface area (Å²) in [5.74, 6) is -0.663. The second-order valence-electron chi connectivity index (χ2n) is 6.38. The smallest absolute Gasteiger partial charge is 0.321 e. The molecule has 8 heteroatoms. The highest BCUT2D eigenvalue weighted by molar-refractivity contribution is 9.10. The highest BCUT2D eigenvalue weighted by Gasteiger charge is 2.22. The lowest BCUT2D eigenvalue weighted by atomic mass is 10.1. The van der Waals surface area contributed by atoms with Crippen molar-refractivity contribution < 1.29 is 23.9 Å². The molecular formula is C17H23BrN2O5. The fraction of sp³-hybridized carbons (Fsp3) is 0.471. The van der Waals surface area contributed by atoms with Gasteiger partial charge in [0.15, 0.2) is 6.10 Å². The van der Waals surface area contributed by atoms with Gasteiger partial charge < -0.3 is 14.8 Å². The number of halogens is 1. The molecule has 0 aromatic heterocycles. The second kappa shape index (κ2) is 9.41. The van der Waals surface area contributed by atoms with Gasteiger partial charge in [-0.05, 0) is 45.9 Å². The van der Waals surface area contributed by atoms with Crippen molar-refractivity contribution in [1.29, 1.82) is 0 Å². The van der Waals surface area contributed by atoms with E-state index in [1.165, 1.54) is 6.92 Å². The van der Waals surface area contributed by atoms with E-state index in [1.54, 1.807) is 32.9 Å². The predicted octanol–water partition coefficient (Wildman–Crippen LogP) is 2.77. The molecule has 0 saturated heterocycles. The van der Waals surface area contributed by atoms with Gasteiger partial charge in [-0.2, -0.15) is 0 Å². The first-order valence-electron chi connectivity index (χ1n) is 7.77. The van der Waals surface area contributed by atoms with Gasteiger partial charge in [0, 0.05) is 10.0 Å². The third-order valence-electron chi connectivity index (χ3n) is 2.77. The van der Waals surface area contributed by atoms with E-state index in [4.69, 9.17) is 9.47 Å². The van der Waals surface area contributed by atoms with Crippen molar-refractivity contribution in [3.05, 3.63) is 28.7 Å². The fourth-order valence-electron chi connectivity index (χ4n) is 1.70. The standard InChI is InChI=1S/C17H23BrN2O5/c1-11(15(22)19-16(23)20-17(2,3)4)25-14(21)8-9-24-13-7-5-6-12(18)10-13/h5-7,10-11H,8-9H2,1-4H3,(H2,19,20,22,23)/t11-/m0/s1. The quantitative estimate of drug-likeness (QED) is 0.697. The molecule has 1 aromatic rings. The first-order valence-corrected chi connectivity index (χ1v) is 8.57. The number of hydrogen-bond acceptors (Lipinski definition) is 5. The number of amides is 3. The Morgan fingerprint density at radius 3 is 2.52 bits per heavy atom. The number of ether oxygens (including phenoxy) is 2. The highest BCUT2D eigenvalue weighted by atomic mass is 79.9. The van der Waals surface area contributed by atoms with Gasteiger partial charge in [0.1, 0.15) is 5.75 Å². The molecule has 0 fully saturated rings. The Morgan fingerprint density at radius 2 is 1.92 bits per heavy atom. The van der Waals surface area contributed by atoms with Gasteiger partial charge in [-0.25, -0.2) is 4.79 Å². The largest absolute Gasteiger partial charge is 0.493 e. The molecule has 0 aliphatic carbocycles. The van der Waals surface area contributed by atoms with Gasteiger partial charge in [0.25, 0.3) is 5.91 Å². The van der Waals surface area contributed by atoms with Crippen LogP contribution >= 0.6 is 15.9 Å². The molecule has 3 amide bonds. The topological polar surface area (TPSA) is 93.7 Å². The molecule has 0 bridgehead atoms. The average Bonchev–Trinajstić information content (AvgIpc) is 2.45. The minimum atomic E-state index is -1.08. The first kappa shape index (κ1) is 21.0. The van der Waals surface area contributed by atoms with Crippen molar-refractivity contribution in [3.63, 3.8) is 0 Å². The zero-order valence-corrected chi connectivity index (χ0v) is 16.3. The maximum atomic E-state index is 11.8. The number of nitrogens with one attached hydrogen (secondary N) is 2. The second-order valence-corrected chi connectivity index (χ2v) is 7.30. The summed E-state index contributed by atoms with van der Waals surface area (Å²) >= 11 is 3.32. The summed E-state index contributed by atoms with van der Waals surface area (Å²) in [5, 5.41) is 4.71. The van der Waals surface area contributed by atoms with Crippen LogP contribution in [0.1, 0.15) is 34.1 Å². The summed E-state index contributed by atoms with van der Waals surface area (Å²) in [5.41, 5.74) is -0.478. The molecule has 0 heterocycles. The lowest BCUT2D eigenvalue weighted by molar-refractivity contribution is -0.154. The first-order chi connectivity index (χ1) is 11.6. The minimum Gasteiger partial charge on any atom is -0.493 e. The Labute approximate surface area is 155 Å². The molecule has 0 aliphatic heterocycles. The molecule has 0 aliphatic rings. The molecule has 0 unspecified atom stereocenters. The summed E-state index contributed by atoms with van der Waals surface area (Å²) in [6, 6.07) is 6.57. The zero-order valence-electron chi connectivity index (χ0n) is 14.7. The maximum Gasteiger partial charge on any atom is 0.321 e. The van der Waals surface area contributed by atoms with Crippen molar-refractivity contribution >= 4 is 33.8 Å². The summed E-state index contributed by atoms with van der Waals surface area (Å²) in [4.78, 5) is 35.2. The summed E-state index contributed by atoms with van der Waals surface area (Å²) in [6.45, 7) is 6.87. The van der Waals surface area contributed by atoms with E-state index < -0.39 is 29.6 Å². The predicted molar refractivity (Wildman–Crippen MR) is 96.2 cm³/mol. The van der Waals surface area contributed by atoms with E-state index in [0.717, 1.165) is 4.47 Å². The molecule has 0 spiro atoms. The Kier molecular flexibility index (Phi) is 7.89. The van der Waals surface area contributed by atoms with Crippen LogP contribution in [0.2, 0.25) is 0 Å². The van der Waals surface area contributed by atoms with E-state index in [-0.39, 0.29) is 13.0 Å². The number of carbonyl (C=O) groups excluding carboxylic acids is 3. The van der Waals surface area contributed by atoms with Gasteiger partial charge >= 0.3 is 12.0 Å². The molecule has 2 N–H and O–H groups in total. The Hall–Kier alpha value is -2.09. The Bertz CT molecular complexity index is 628. The van der Waals surface area contributed by atoms with E-state index in [0.29, 0.717) is 5.75 Å². The molecular weight excluding hydrogens is 392 g/mol. The summed E-state index contributed by atoms with van der Waals surface area (Å²) in [7, 11) is 0. The van der Waals surface area contributed by atoms with Gasteiger partial charge in [-0.15, -0.1) is 0 Å². The lowest BCUT2D eigenvalue weighted by Gasteiger charge is -2.21. The number of hydrogen-bond donors (Lipinski definition) is 2. The number of imide groups is 1. The molecule has 7 nitrogen and oxygen atoms in total. The van der Waals surface area contributed by atoms with Gasteiger partial charge in [0.2, 0.25) is 0 Å². The lowest BCUT2D eigenvalue weighted by Crippen LogP contribution is -2.50. The van der Waals surface area contributed by atoms with Gasteiger partial charge in [-0.1, -0.05) is 22.0 Å². The van der Waals surface area contributed by atoms with E-state index >= 15 is 0 Å². The summed E-state index contributed by atoms with van der Waals surface area (Å²) in [6.07, 6.45) is -1.10. The number of urea groups is 1. The molecule has 25 heavy (non-hydrogen) atoms. The SMILES string of the molecule is C[C@H](OC(=O)CCOc1cccc(Br)c1)C(=O)NC(=O)NC(C)(C)C. The number of rotatable bonds is 6. The molecule has 0 radical (unpaired) electrons. The van der Waals surface area contributed by atoms with Crippen molar-refractivity contribution in [2.24, 2.45) is 0 Å². The van der Waals surface area contributed by atoms with Gasteiger partial charge in [-0.3, -0.25) is 14.9 Å². The van der Waals surface area contributed by atoms with Crippen molar-refractivity contribution in [2.45, 2.75) is 45.8 Å². The molecule has 1 atom stereocenters. The molecule has 0 saturated carbocycles. The third kappa shape index (κ3) is 9.09.